The van der Waals surface area contributed by atoms with E-state index < -0.39 is 28.3 Å². The van der Waals surface area contributed by atoms with E-state index in [-0.39, 0.29) is 5.57 Å². The fourth-order valence-electron chi connectivity index (χ4n) is 1.58. The molecular formula is C11H10Cl2FIO2. The van der Waals surface area contributed by atoms with Crippen LogP contribution in [0.3, 0.4) is 0 Å². The van der Waals surface area contributed by atoms with Gasteiger partial charge in [-0.2, -0.15) is 0 Å². The van der Waals surface area contributed by atoms with E-state index in [0.29, 0.717) is 3.58 Å². The lowest BCUT2D eigenvalue weighted by atomic mass is 10.1. The Morgan fingerprint density at radius 2 is 2.12 bits per heavy atom. The van der Waals surface area contributed by atoms with Crippen LogP contribution >= 0.6 is 45.8 Å². The van der Waals surface area contributed by atoms with Crippen LogP contribution in [0.4, 0.5) is 4.39 Å². The van der Waals surface area contributed by atoms with Gasteiger partial charge in [-0.05, 0) is 35.6 Å². The van der Waals surface area contributed by atoms with Crippen LogP contribution in [0, 0.1) is 24.2 Å². The van der Waals surface area contributed by atoms with Crippen LogP contribution in [0.5, 0.6) is 0 Å². The van der Waals surface area contributed by atoms with Gasteiger partial charge < -0.3 is 10.2 Å². The first-order chi connectivity index (χ1) is 7.73. The lowest BCUT2D eigenvalue weighted by molar-refractivity contribution is -0.0594. The van der Waals surface area contributed by atoms with Gasteiger partial charge in [0.05, 0.1) is 5.92 Å². The van der Waals surface area contributed by atoms with Crippen LogP contribution in [0.1, 0.15) is 6.92 Å². The van der Waals surface area contributed by atoms with E-state index in [9.17, 15) is 4.39 Å². The summed E-state index contributed by atoms with van der Waals surface area (Å²) in [6.45, 7) is 1.58. The zero-order chi connectivity index (χ0) is 13.4. The van der Waals surface area contributed by atoms with E-state index in [0.717, 1.165) is 6.08 Å². The second-order valence-electron chi connectivity index (χ2n) is 3.72. The molecular weight excluding hydrogens is 381 g/mol. The summed E-state index contributed by atoms with van der Waals surface area (Å²) >= 11 is 13.6. The van der Waals surface area contributed by atoms with Crippen LogP contribution in [0.2, 0.25) is 0 Å². The molecule has 94 valence electrons. The topological polar surface area (TPSA) is 40.5 Å². The Morgan fingerprint density at radius 1 is 1.59 bits per heavy atom. The molecule has 0 amide bonds. The Balaban J connectivity index is 3.02. The Labute approximate surface area is 123 Å². The first kappa shape index (κ1) is 15.3. The molecule has 6 heteroatoms. The summed E-state index contributed by atoms with van der Waals surface area (Å²) in [6, 6.07) is 0. The predicted octanol–water partition coefficient (Wildman–Crippen LogP) is 2.91. The molecule has 2 nitrogen and oxygen atoms in total. The van der Waals surface area contributed by atoms with Crippen molar-refractivity contribution in [3.05, 3.63) is 21.1 Å². The van der Waals surface area contributed by atoms with Crippen LogP contribution < -0.4 is 0 Å². The smallest absolute Gasteiger partial charge is 0.157 e. The highest BCUT2D eigenvalue weighted by atomic mass is 127. The number of allylic oxidation sites excluding steroid dienone is 4. The summed E-state index contributed by atoms with van der Waals surface area (Å²) in [6.07, 6.45) is 4.72. The van der Waals surface area contributed by atoms with Gasteiger partial charge in [0, 0.05) is 15.1 Å². The molecule has 0 spiro atoms. The van der Waals surface area contributed by atoms with Gasteiger partial charge in [0.2, 0.25) is 0 Å². The summed E-state index contributed by atoms with van der Waals surface area (Å²) in [7, 11) is 0. The van der Waals surface area contributed by atoms with Crippen molar-refractivity contribution in [1.82, 2.24) is 0 Å². The van der Waals surface area contributed by atoms with E-state index in [4.69, 9.17) is 39.8 Å². The highest BCUT2D eigenvalue weighted by Crippen LogP contribution is 2.63. The van der Waals surface area contributed by atoms with Gasteiger partial charge in [0.15, 0.2) is 6.29 Å². The third kappa shape index (κ3) is 3.15. The van der Waals surface area contributed by atoms with Crippen molar-refractivity contribution in [3.8, 4) is 12.3 Å². The van der Waals surface area contributed by atoms with Crippen molar-refractivity contribution < 1.29 is 14.6 Å². The zero-order valence-electron chi connectivity index (χ0n) is 8.79. The molecule has 17 heavy (non-hydrogen) atoms. The highest BCUT2D eigenvalue weighted by Gasteiger charge is 2.67. The molecule has 0 heterocycles. The fraction of sp³-hybridized carbons (Fsp3) is 0.455. The van der Waals surface area contributed by atoms with Crippen LogP contribution in [0.15, 0.2) is 21.1 Å². The number of halogens is 4. The van der Waals surface area contributed by atoms with Crippen LogP contribution in [-0.4, -0.2) is 20.8 Å². The van der Waals surface area contributed by atoms with Crippen molar-refractivity contribution in [3.63, 3.8) is 0 Å². The normalized spacial score (nSPS) is 28.8. The first-order valence-electron chi connectivity index (χ1n) is 4.67. The first-order valence-corrected chi connectivity index (χ1v) is 6.51. The molecule has 0 aromatic carbocycles. The number of aliphatic hydroxyl groups excluding tert-OH is 1. The Kier molecular flexibility index (Phi) is 4.89. The average Bonchev–Trinajstić information content (AvgIpc) is 2.77. The maximum Gasteiger partial charge on any atom is 0.157 e. The Hall–Kier alpha value is 0.200. The standard InChI is InChI=1S/C11H10Cl2FIO2/c1-3-6(4-7(14)5(2)15)8-9(10(16)17)11(8,12)13/h1,4,8-10,16-17H,2H3/b6-4+,7-5-. The lowest BCUT2D eigenvalue weighted by Gasteiger charge is -2.00. The summed E-state index contributed by atoms with van der Waals surface area (Å²) in [5, 5.41) is 18.1. The number of aliphatic hydroxyl groups is 2. The summed E-state index contributed by atoms with van der Waals surface area (Å²) in [5.41, 5.74) is 0.224. The number of alkyl halides is 2. The van der Waals surface area contributed by atoms with E-state index in [1.54, 1.807) is 6.92 Å². The van der Waals surface area contributed by atoms with Gasteiger partial charge in [-0.3, -0.25) is 0 Å². The molecule has 2 N–H and O–H groups in total. The molecule has 0 radical (unpaired) electrons. The molecule has 0 saturated heterocycles. The summed E-state index contributed by atoms with van der Waals surface area (Å²) in [5.74, 6) is 0.360. The maximum atomic E-state index is 13.4. The quantitative estimate of drug-likeness (QED) is 0.256. The fourth-order valence-corrected chi connectivity index (χ4v) is 2.59. The molecule has 2 atom stereocenters. The van der Waals surface area contributed by atoms with Gasteiger partial charge in [-0.1, -0.05) is 5.92 Å². The number of hydrogen-bond donors (Lipinski definition) is 2. The molecule has 0 bridgehead atoms. The minimum atomic E-state index is -1.68. The number of terminal acetylenes is 1. The minimum absolute atomic E-state index is 0.224. The number of rotatable bonds is 3. The molecule has 0 aromatic rings. The molecule has 2 unspecified atom stereocenters. The van der Waals surface area contributed by atoms with Gasteiger partial charge in [0.25, 0.3) is 0 Å². The molecule has 1 aliphatic rings. The average molecular weight is 391 g/mol. The minimum Gasteiger partial charge on any atom is -0.368 e. The monoisotopic (exact) mass is 390 g/mol. The zero-order valence-corrected chi connectivity index (χ0v) is 12.5. The van der Waals surface area contributed by atoms with Crippen molar-refractivity contribution in [2.45, 2.75) is 17.5 Å². The van der Waals surface area contributed by atoms with Crippen LogP contribution in [-0.2, 0) is 0 Å². The van der Waals surface area contributed by atoms with E-state index in [1.807, 2.05) is 22.6 Å². The lowest BCUT2D eigenvalue weighted by Crippen LogP contribution is -2.11. The summed E-state index contributed by atoms with van der Waals surface area (Å²) < 4.78 is 12.5. The Morgan fingerprint density at radius 3 is 2.41 bits per heavy atom. The Bertz CT molecular complexity index is 420. The summed E-state index contributed by atoms with van der Waals surface area (Å²) in [4.78, 5) is 0. The second kappa shape index (κ2) is 5.45. The molecule has 0 aliphatic heterocycles. The van der Waals surface area contributed by atoms with Crippen molar-refractivity contribution in [2.24, 2.45) is 11.8 Å². The molecule has 1 fully saturated rings. The SMILES string of the molecule is C#C/C(=C\C(F)=C(/C)I)C1C(C(O)O)C1(Cl)Cl. The van der Waals surface area contributed by atoms with E-state index >= 15 is 0 Å². The predicted molar refractivity (Wildman–Crippen MR) is 74.4 cm³/mol. The molecule has 1 rings (SSSR count). The van der Waals surface area contributed by atoms with E-state index in [2.05, 4.69) is 5.92 Å². The van der Waals surface area contributed by atoms with Gasteiger partial charge in [-0.15, -0.1) is 29.6 Å². The van der Waals surface area contributed by atoms with E-state index in [1.165, 1.54) is 0 Å². The third-order valence-electron chi connectivity index (χ3n) is 2.54. The highest BCUT2D eigenvalue weighted by molar-refractivity contribution is 14.1. The number of hydrogen-bond acceptors (Lipinski definition) is 2. The molecule has 1 saturated carbocycles. The van der Waals surface area contributed by atoms with Gasteiger partial charge >= 0.3 is 0 Å². The van der Waals surface area contributed by atoms with Gasteiger partial charge in [-0.25, -0.2) is 4.39 Å². The third-order valence-corrected chi connectivity index (χ3v) is 4.03. The van der Waals surface area contributed by atoms with Crippen molar-refractivity contribution in [2.75, 3.05) is 0 Å². The van der Waals surface area contributed by atoms with Gasteiger partial charge in [0.1, 0.15) is 10.2 Å². The maximum absolute atomic E-state index is 13.4. The second-order valence-corrected chi connectivity index (χ2v) is 6.78. The van der Waals surface area contributed by atoms with Crippen LogP contribution in [0.25, 0.3) is 0 Å². The largest absolute Gasteiger partial charge is 0.368 e. The molecule has 0 aromatic heterocycles. The van der Waals surface area contributed by atoms with Crippen molar-refractivity contribution in [1.29, 1.82) is 0 Å². The van der Waals surface area contributed by atoms with Crippen molar-refractivity contribution >= 4 is 45.8 Å². The molecule has 1 aliphatic carbocycles.